The Labute approximate surface area is 140 Å². The summed E-state index contributed by atoms with van der Waals surface area (Å²) >= 11 is 1.25. The number of aromatic nitrogens is 2. The van der Waals surface area contributed by atoms with Gasteiger partial charge in [0.05, 0.1) is 18.0 Å². The molecule has 0 bridgehead atoms. The van der Waals surface area contributed by atoms with Crippen LogP contribution in [0.25, 0.3) is 0 Å². The first-order valence-corrected chi connectivity index (χ1v) is 8.74. The summed E-state index contributed by atoms with van der Waals surface area (Å²) in [4.78, 5) is 14.2. The molecule has 0 aliphatic carbocycles. The lowest BCUT2D eigenvalue weighted by atomic mass is 9.70. The monoisotopic (exact) mass is 343 g/mol. The number of carbonyl (C=O) groups is 1. The predicted octanol–water partition coefficient (Wildman–Crippen LogP) is 1.36. The third-order valence-electron chi connectivity index (χ3n) is 4.45. The molecular formula is C15H25N3O4S. The Balaban J connectivity index is 1.91. The van der Waals surface area contributed by atoms with Crippen molar-refractivity contribution in [3.8, 4) is 0 Å². The Morgan fingerprint density at radius 2 is 2.22 bits per heavy atom. The fraction of sp³-hybridized carbons (Fsp3) is 0.800. The molecule has 2 heterocycles. The van der Waals surface area contributed by atoms with E-state index in [-0.39, 0.29) is 18.3 Å². The first-order chi connectivity index (χ1) is 10.8. The maximum absolute atomic E-state index is 12.4. The van der Waals surface area contributed by atoms with Gasteiger partial charge in [-0.2, -0.15) is 0 Å². The van der Waals surface area contributed by atoms with Crippen molar-refractivity contribution >= 4 is 17.7 Å². The number of ether oxygens (including phenoxy) is 1. The topological polar surface area (TPSA) is 88.7 Å². The number of thioether (sulfide) groups is 1. The smallest absolute Gasteiger partial charge is 0.277 e. The third kappa shape index (κ3) is 4.05. The lowest BCUT2D eigenvalue weighted by Crippen LogP contribution is -2.60. The number of amides is 1. The summed E-state index contributed by atoms with van der Waals surface area (Å²) in [6, 6.07) is 0. The molecule has 1 atom stereocenters. The van der Waals surface area contributed by atoms with Gasteiger partial charge in [0.15, 0.2) is 0 Å². The second-order valence-electron chi connectivity index (χ2n) is 6.52. The van der Waals surface area contributed by atoms with Gasteiger partial charge in [-0.1, -0.05) is 32.5 Å². The number of rotatable bonds is 6. The molecule has 1 aliphatic heterocycles. The summed E-state index contributed by atoms with van der Waals surface area (Å²) in [5.74, 6) is 0.840. The summed E-state index contributed by atoms with van der Waals surface area (Å²) in [5.41, 5.74) is -1.34. The molecule has 0 unspecified atom stereocenters. The highest BCUT2D eigenvalue weighted by atomic mass is 32.2. The highest BCUT2D eigenvalue weighted by molar-refractivity contribution is 7.99. The van der Waals surface area contributed by atoms with E-state index in [0.717, 1.165) is 0 Å². The largest absolute Gasteiger partial charge is 0.416 e. The van der Waals surface area contributed by atoms with Gasteiger partial charge in [0.1, 0.15) is 0 Å². The lowest BCUT2D eigenvalue weighted by molar-refractivity contribution is -0.162. The molecule has 0 aromatic carbocycles. The van der Waals surface area contributed by atoms with Crippen LogP contribution < -0.4 is 0 Å². The van der Waals surface area contributed by atoms with Gasteiger partial charge in [0.2, 0.25) is 11.8 Å². The number of aryl methyl sites for hydroxylation is 1. The molecule has 0 radical (unpaired) electrons. The molecule has 23 heavy (non-hydrogen) atoms. The summed E-state index contributed by atoms with van der Waals surface area (Å²) in [6.45, 7) is 7.15. The van der Waals surface area contributed by atoms with Crippen molar-refractivity contribution < 1.29 is 19.1 Å². The Bertz CT molecular complexity index is 549. The molecule has 1 aromatic rings. The first-order valence-electron chi connectivity index (χ1n) is 7.75. The highest BCUT2D eigenvalue weighted by Gasteiger charge is 2.48. The summed E-state index contributed by atoms with van der Waals surface area (Å²) in [6.07, 6.45) is 1.19. The molecule has 1 amide bonds. The third-order valence-corrected chi connectivity index (χ3v) is 5.25. The van der Waals surface area contributed by atoms with Crippen LogP contribution in [0, 0.1) is 5.41 Å². The maximum Gasteiger partial charge on any atom is 0.277 e. The van der Waals surface area contributed by atoms with Crippen LogP contribution in [-0.4, -0.2) is 64.3 Å². The molecule has 2 rings (SSSR count). The van der Waals surface area contributed by atoms with Crippen molar-refractivity contribution in [1.82, 2.24) is 15.1 Å². The van der Waals surface area contributed by atoms with E-state index in [9.17, 15) is 9.90 Å². The summed E-state index contributed by atoms with van der Waals surface area (Å²) in [5, 5.41) is 18.9. The summed E-state index contributed by atoms with van der Waals surface area (Å²) < 4.78 is 10.5. The van der Waals surface area contributed by atoms with E-state index in [2.05, 4.69) is 10.2 Å². The SMILES string of the molecule is CCc1nnc(SCC(=O)N2CC[C@@](O)(COC)C(C)(C)C2)o1. The molecule has 1 saturated heterocycles. The Hall–Kier alpha value is -1.12. The van der Waals surface area contributed by atoms with Gasteiger partial charge in [0, 0.05) is 32.0 Å². The van der Waals surface area contributed by atoms with E-state index < -0.39 is 11.0 Å². The predicted molar refractivity (Wildman–Crippen MR) is 86.2 cm³/mol. The normalized spacial score (nSPS) is 24.0. The van der Waals surface area contributed by atoms with Crippen LogP contribution >= 0.6 is 11.8 Å². The highest BCUT2D eigenvalue weighted by Crippen LogP contribution is 2.39. The molecule has 0 spiro atoms. The number of aliphatic hydroxyl groups is 1. The van der Waals surface area contributed by atoms with Gasteiger partial charge in [-0.25, -0.2) is 0 Å². The summed E-state index contributed by atoms with van der Waals surface area (Å²) in [7, 11) is 1.58. The zero-order valence-electron chi connectivity index (χ0n) is 14.2. The Morgan fingerprint density at radius 1 is 1.48 bits per heavy atom. The van der Waals surface area contributed by atoms with Crippen molar-refractivity contribution in [3.63, 3.8) is 0 Å². The Kier molecular flexibility index (Phi) is 5.70. The van der Waals surface area contributed by atoms with E-state index >= 15 is 0 Å². The average Bonchev–Trinajstić information content (AvgIpc) is 2.96. The van der Waals surface area contributed by atoms with Crippen molar-refractivity contribution in [2.75, 3.05) is 32.6 Å². The van der Waals surface area contributed by atoms with E-state index in [1.807, 2.05) is 20.8 Å². The van der Waals surface area contributed by atoms with Crippen LogP contribution in [0.5, 0.6) is 0 Å². The maximum atomic E-state index is 12.4. The van der Waals surface area contributed by atoms with Gasteiger partial charge < -0.3 is 19.2 Å². The second kappa shape index (κ2) is 7.19. The van der Waals surface area contributed by atoms with Gasteiger partial charge in [-0.05, 0) is 6.42 Å². The number of likely N-dealkylation sites (tertiary alicyclic amines) is 1. The van der Waals surface area contributed by atoms with Gasteiger partial charge in [0.25, 0.3) is 5.22 Å². The molecule has 0 saturated carbocycles. The number of nitrogens with zero attached hydrogens (tertiary/aromatic N) is 3. The van der Waals surface area contributed by atoms with Gasteiger partial charge >= 0.3 is 0 Å². The number of methoxy groups -OCH3 is 1. The zero-order chi connectivity index (χ0) is 17.1. The minimum atomic E-state index is -0.909. The van der Waals surface area contributed by atoms with Gasteiger partial charge in [-0.3, -0.25) is 4.79 Å². The number of carbonyl (C=O) groups excluding carboxylic acids is 1. The quantitative estimate of drug-likeness (QED) is 0.780. The van der Waals surface area contributed by atoms with Crippen LogP contribution in [0.2, 0.25) is 0 Å². The fourth-order valence-corrected chi connectivity index (χ4v) is 3.42. The number of hydrogen-bond acceptors (Lipinski definition) is 7. The van der Waals surface area contributed by atoms with E-state index in [4.69, 9.17) is 9.15 Å². The molecule has 1 aliphatic rings. The lowest BCUT2D eigenvalue weighted by Gasteiger charge is -2.49. The van der Waals surface area contributed by atoms with Crippen LogP contribution in [0.4, 0.5) is 0 Å². The van der Waals surface area contributed by atoms with Crippen LogP contribution in [0.3, 0.4) is 0 Å². The van der Waals surface area contributed by atoms with E-state index in [1.54, 1.807) is 12.0 Å². The molecule has 1 aromatic heterocycles. The number of hydrogen-bond donors (Lipinski definition) is 1. The fourth-order valence-electron chi connectivity index (χ4n) is 2.74. The van der Waals surface area contributed by atoms with Gasteiger partial charge in [-0.15, -0.1) is 10.2 Å². The molecular weight excluding hydrogens is 318 g/mol. The van der Waals surface area contributed by atoms with Crippen LogP contribution in [0.15, 0.2) is 9.64 Å². The van der Waals surface area contributed by atoms with Crippen molar-refractivity contribution in [1.29, 1.82) is 0 Å². The van der Waals surface area contributed by atoms with Crippen molar-refractivity contribution in [3.05, 3.63) is 5.89 Å². The minimum absolute atomic E-state index is 0.0128. The van der Waals surface area contributed by atoms with E-state index in [1.165, 1.54) is 11.8 Å². The van der Waals surface area contributed by atoms with E-state index in [0.29, 0.717) is 37.0 Å². The van der Waals surface area contributed by atoms with Crippen LogP contribution in [0.1, 0.15) is 33.1 Å². The van der Waals surface area contributed by atoms with Crippen molar-refractivity contribution in [2.24, 2.45) is 5.41 Å². The average molecular weight is 343 g/mol. The van der Waals surface area contributed by atoms with Crippen LogP contribution in [-0.2, 0) is 16.0 Å². The molecule has 7 nitrogen and oxygen atoms in total. The molecule has 8 heteroatoms. The first kappa shape index (κ1) is 18.2. The zero-order valence-corrected chi connectivity index (χ0v) is 15.0. The van der Waals surface area contributed by atoms with Crippen molar-refractivity contribution in [2.45, 2.75) is 44.4 Å². The Morgan fingerprint density at radius 3 is 2.78 bits per heavy atom. The minimum Gasteiger partial charge on any atom is -0.416 e. The molecule has 130 valence electrons. The second-order valence-corrected chi connectivity index (χ2v) is 7.44. The number of piperidine rings is 1. The molecule has 1 N–H and O–H groups in total. The molecule has 1 fully saturated rings. The standard InChI is InChI=1S/C15H25N3O4S/c1-5-11-16-17-13(22-11)23-8-12(19)18-7-6-15(20,10-21-4)14(2,3)9-18/h20H,5-10H2,1-4H3/t15-/m1/s1.